The van der Waals surface area contributed by atoms with Crippen molar-refractivity contribution in [3.05, 3.63) is 46.7 Å². The van der Waals surface area contributed by atoms with Crippen molar-refractivity contribution in [3.8, 4) is 0 Å². The lowest BCUT2D eigenvalue weighted by molar-refractivity contribution is -0.141. The van der Waals surface area contributed by atoms with Crippen LogP contribution < -0.4 is 5.56 Å². The normalized spacial score (nSPS) is 16.9. The van der Waals surface area contributed by atoms with Crippen molar-refractivity contribution >= 4 is 0 Å². The van der Waals surface area contributed by atoms with Gasteiger partial charge in [-0.15, -0.1) is 0 Å². The topological polar surface area (TPSA) is 56.0 Å². The third kappa shape index (κ3) is 4.51. The van der Waals surface area contributed by atoms with Crippen LogP contribution >= 0.6 is 0 Å². The Hall–Kier alpha value is -2.16. The van der Waals surface area contributed by atoms with E-state index in [1.807, 2.05) is 17.8 Å². The van der Waals surface area contributed by atoms with E-state index in [4.69, 9.17) is 0 Å². The average molecular weight is 369 g/mol. The molecule has 0 atom stereocenters. The molecule has 0 unspecified atom stereocenters. The van der Waals surface area contributed by atoms with Crippen LogP contribution in [-0.2, 0) is 26.2 Å². The molecule has 3 rings (SSSR count). The van der Waals surface area contributed by atoms with E-state index in [0.717, 1.165) is 45.2 Å². The van der Waals surface area contributed by atoms with Gasteiger partial charge in [0, 0.05) is 44.5 Å². The fourth-order valence-electron chi connectivity index (χ4n) is 3.29. The molecule has 0 spiro atoms. The zero-order valence-electron chi connectivity index (χ0n) is 14.6. The number of rotatable bonds is 5. The van der Waals surface area contributed by atoms with Gasteiger partial charge in [-0.25, -0.2) is 9.97 Å². The van der Waals surface area contributed by atoms with Crippen LogP contribution in [0, 0.1) is 5.92 Å². The van der Waals surface area contributed by atoms with Crippen LogP contribution in [0.1, 0.15) is 24.2 Å². The summed E-state index contributed by atoms with van der Waals surface area (Å²) in [6, 6.07) is 0.572. The smallest absolute Gasteiger partial charge is 0.338 e. The molecule has 0 saturated carbocycles. The third-order valence-corrected chi connectivity index (χ3v) is 4.93. The van der Waals surface area contributed by atoms with Gasteiger partial charge in [-0.3, -0.25) is 9.36 Å². The molecule has 0 aromatic carbocycles. The molecule has 0 bridgehead atoms. The van der Waals surface area contributed by atoms with E-state index in [-0.39, 0.29) is 5.92 Å². The minimum Gasteiger partial charge on any atom is -0.338 e. The Morgan fingerprint density at radius 1 is 1.23 bits per heavy atom. The highest BCUT2D eigenvalue weighted by Crippen LogP contribution is 2.26. The minimum absolute atomic E-state index is 0.277. The van der Waals surface area contributed by atoms with Crippen LogP contribution in [-0.4, -0.2) is 43.6 Å². The summed E-state index contributed by atoms with van der Waals surface area (Å²) in [6.45, 7) is 3.21. The number of imidazole rings is 1. The molecule has 0 amide bonds. The molecule has 0 radical (unpaired) electrons. The molecule has 2 aromatic heterocycles. The predicted molar refractivity (Wildman–Crippen MR) is 89.6 cm³/mol. The highest BCUT2D eigenvalue weighted by Gasteiger charge is 2.33. The van der Waals surface area contributed by atoms with Crippen LogP contribution in [0.15, 0.2) is 29.7 Å². The first-order valence-electron chi connectivity index (χ1n) is 8.64. The molecule has 2 aromatic rings. The number of nitrogens with zero attached hydrogens (tertiary/aromatic N) is 5. The van der Waals surface area contributed by atoms with Gasteiger partial charge in [0.15, 0.2) is 5.69 Å². The lowest BCUT2D eigenvalue weighted by Crippen LogP contribution is -2.37. The minimum atomic E-state index is -4.59. The Morgan fingerprint density at radius 2 is 1.96 bits per heavy atom. The van der Waals surface area contributed by atoms with Crippen molar-refractivity contribution in [2.75, 3.05) is 19.6 Å². The van der Waals surface area contributed by atoms with Crippen LogP contribution in [0.3, 0.4) is 0 Å². The first-order valence-corrected chi connectivity index (χ1v) is 8.64. The third-order valence-electron chi connectivity index (χ3n) is 4.93. The molecule has 3 heterocycles. The molecule has 6 nitrogen and oxygen atoms in total. The number of hydrogen-bond donors (Lipinski definition) is 0. The van der Waals surface area contributed by atoms with Gasteiger partial charge >= 0.3 is 6.18 Å². The zero-order chi connectivity index (χ0) is 18.7. The molecular formula is C17H22F3N5O. The number of hydrogen-bond acceptors (Lipinski definition) is 4. The van der Waals surface area contributed by atoms with Gasteiger partial charge in [-0.05, 0) is 31.8 Å². The van der Waals surface area contributed by atoms with E-state index < -0.39 is 17.4 Å². The number of aromatic nitrogens is 4. The Bertz CT molecular complexity index is 790. The van der Waals surface area contributed by atoms with E-state index in [1.54, 1.807) is 6.33 Å². The first-order chi connectivity index (χ1) is 12.3. The maximum atomic E-state index is 12.6. The zero-order valence-corrected chi connectivity index (χ0v) is 14.6. The number of piperidine rings is 1. The quantitative estimate of drug-likeness (QED) is 0.808. The van der Waals surface area contributed by atoms with Crippen molar-refractivity contribution in [2.45, 2.75) is 32.0 Å². The summed E-state index contributed by atoms with van der Waals surface area (Å²) in [5.41, 5.74) is -0.593. The summed E-state index contributed by atoms with van der Waals surface area (Å²) in [6.07, 6.45) is 2.85. The molecule has 1 aliphatic rings. The van der Waals surface area contributed by atoms with Crippen LogP contribution in [0.4, 0.5) is 13.2 Å². The van der Waals surface area contributed by atoms with Gasteiger partial charge in [0.1, 0.15) is 0 Å². The van der Waals surface area contributed by atoms with E-state index in [2.05, 4.69) is 14.9 Å². The standard InChI is InChI=1S/C17H22F3N5O/c1-23-11-21-9-14(23)4-7-24-5-2-13(3-6-24)10-25-12-22-15(8-16(25)26)17(18,19)20/h8-9,11-13H,2-7,10H2,1H3. The molecular weight excluding hydrogens is 347 g/mol. The number of halogens is 3. The Morgan fingerprint density at radius 3 is 2.54 bits per heavy atom. The van der Waals surface area contributed by atoms with Gasteiger partial charge in [-0.1, -0.05) is 0 Å². The number of aryl methyl sites for hydroxylation is 1. The van der Waals surface area contributed by atoms with Crippen molar-refractivity contribution in [1.29, 1.82) is 0 Å². The molecule has 0 N–H and O–H groups in total. The van der Waals surface area contributed by atoms with Gasteiger partial charge in [0.2, 0.25) is 0 Å². The average Bonchev–Trinajstić information content (AvgIpc) is 3.00. The second-order valence-electron chi connectivity index (χ2n) is 6.79. The summed E-state index contributed by atoms with van der Waals surface area (Å²) in [7, 11) is 1.98. The maximum Gasteiger partial charge on any atom is 0.433 e. The van der Waals surface area contributed by atoms with E-state index >= 15 is 0 Å². The lowest BCUT2D eigenvalue weighted by Gasteiger charge is -2.32. The molecule has 1 saturated heterocycles. The van der Waals surface area contributed by atoms with E-state index in [1.165, 1.54) is 10.3 Å². The number of likely N-dealkylation sites (tertiary alicyclic amines) is 1. The monoisotopic (exact) mass is 369 g/mol. The van der Waals surface area contributed by atoms with E-state index in [9.17, 15) is 18.0 Å². The summed E-state index contributed by atoms with van der Waals surface area (Å²) in [5, 5.41) is 0. The highest BCUT2D eigenvalue weighted by atomic mass is 19.4. The van der Waals surface area contributed by atoms with Crippen molar-refractivity contribution < 1.29 is 13.2 Å². The fraction of sp³-hybridized carbons (Fsp3) is 0.588. The molecule has 142 valence electrons. The maximum absolute atomic E-state index is 12.6. The summed E-state index contributed by atoms with van der Waals surface area (Å²) >= 11 is 0. The van der Waals surface area contributed by atoms with Gasteiger partial charge in [-0.2, -0.15) is 13.2 Å². The van der Waals surface area contributed by atoms with Crippen LogP contribution in [0.2, 0.25) is 0 Å². The highest BCUT2D eigenvalue weighted by molar-refractivity contribution is 5.04. The lowest BCUT2D eigenvalue weighted by atomic mass is 9.96. The largest absolute Gasteiger partial charge is 0.433 e. The number of alkyl halides is 3. The molecule has 26 heavy (non-hydrogen) atoms. The second-order valence-corrected chi connectivity index (χ2v) is 6.79. The summed E-state index contributed by atoms with van der Waals surface area (Å²) in [5.74, 6) is 0.277. The summed E-state index contributed by atoms with van der Waals surface area (Å²) < 4.78 is 41.0. The predicted octanol–water partition coefficient (Wildman–Crippen LogP) is 1.95. The van der Waals surface area contributed by atoms with Crippen molar-refractivity contribution in [3.63, 3.8) is 0 Å². The Balaban J connectivity index is 1.50. The SMILES string of the molecule is Cn1cncc1CCN1CCC(Cn2cnc(C(F)(F)F)cc2=O)CC1. The van der Waals surface area contributed by atoms with E-state index in [0.29, 0.717) is 12.6 Å². The molecule has 0 aliphatic carbocycles. The molecule has 1 aliphatic heterocycles. The first kappa shape index (κ1) is 18.6. The molecule has 1 fully saturated rings. The summed E-state index contributed by atoms with van der Waals surface area (Å²) in [4.78, 5) is 21.8. The van der Waals surface area contributed by atoms with Crippen LogP contribution in [0.5, 0.6) is 0 Å². The van der Waals surface area contributed by atoms with Gasteiger partial charge in [0.25, 0.3) is 5.56 Å². The Kier molecular flexibility index (Phi) is 5.45. The molecule has 9 heteroatoms. The van der Waals surface area contributed by atoms with Gasteiger partial charge < -0.3 is 9.47 Å². The van der Waals surface area contributed by atoms with Crippen molar-refractivity contribution in [2.24, 2.45) is 13.0 Å². The van der Waals surface area contributed by atoms with Crippen molar-refractivity contribution in [1.82, 2.24) is 24.0 Å². The van der Waals surface area contributed by atoms with Gasteiger partial charge in [0.05, 0.1) is 12.7 Å². The Labute approximate surface area is 149 Å². The van der Waals surface area contributed by atoms with Crippen LogP contribution in [0.25, 0.3) is 0 Å². The second kappa shape index (κ2) is 7.61. The fourth-order valence-corrected chi connectivity index (χ4v) is 3.29.